The summed E-state index contributed by atoms with van der Waals surface area (Å²) in [6.45, 7) is 1.47. The van der Waals surface area contributed by atoms with Crippen LogP contribution in [0.3, 0.4) is 0 Å². The van der Waals surface area contributed by atoms with E-state index < -0.39 is 29.5 Å². The first kappa shape index (κ1) is 19.7. The van der Waals surface area contributed by atoms with Crippen LogP contribution >= 0.6 is 0 Å². The fraction of sp³-hybridized carbons (Fsp3) is 0.238. The van der Waals surface area contributed by atoms with E-state index in [4.69, 9.17) is 4.74 Å². The number of benzene rings is 2. The average molecular weight is 389 g/mol. The highest BCUT2D eigenvalue weighted by molar-refractivity contribution is 5.96. The van der Waals surface area contributed by atoms with E-state index in [1.54, 1.807) is 24.3 Å². The molecule has 1 amide bonds. The van der Waals surface area contributed by atoms with Crippen LogP contribution in [0.5, 0.6) is 0 Å². The number of amides is 1. The lowest BCUT2D eigenvalue weighted by molar-refractivity contribution is -0.142. The Bertz CT molecular complexity index is 920. The van der Waals surface area contributed by atoms with Crippen molar-refractivity contribution in [3.8, 4) is 0 Å². The minimum Gasteiger partial charge on any atom is -0.457 e. The van der Waals surface area contributed by atoms with Gasteiger partial charge < -0.3 is 10.1 Å². The van der Waals surface area contributed by atoms with Gasteiger partial charge in [0.1, 0.15) is 6.61 Å². The smallest absolute Gasteiger partial charge is 0.416 e. The van der Waals surface area contributed by atoms with Gasteiger partial charge in [0.2, 0.25) is 5.91 Å². The molecule has 0 saturated carbocycles. The summed E-state index contributed by atoms with van der Waals surface area (Å²) >= 11 is 0. The zero-order valence-corrected chi connectivity index (χ0v) is 15.0. The first-order valence-corrected chi connectivity index (χ1v) is 8.65. The quantitative estimate of drug-likeness (QED) is 0.792. The fourth-order valence-corrected chi connectivity index (χ4v) is 3.30. The molecule has 1 aliphatic rings. The van der Waals surface area contributed by atoms with Gasteiger partial charge in [-0.2, -0.15) is 13.2 Å². The van der Waals surface area contributed by atoms with Crippen molar-refractivity contribution < 1.29 is 27.5 Å². The highest BCUT2D eigenvalue weighted by atomic mass is 19.4. The standard InChI is InChI=1S/C21H18F3NO3/c1-13-19(20(27)28-12-14-7-3-2-4-8-14)16(11-18(26)25-13)15-9-5-6-10-17(15)21(22,23)24/h2-10,16H,11-12H2,1H3,(H,25,26)/t16-/m1/s1. The summed E-state index contributed by atoms with van der Waals surface area (Å²) < 4.78 is 45.7. The lowest BCUT2D eigenvalue weighted by atomic mass is 9.82. The number of ether oxygens (including phenoxy) is 1. The second-order valence-corrected chi connectivity index (χ2v) is 6.49. The van der Waals surface area contributed by atoms with Gasteiger partial charge in [0.05, 0.1) is 11.1 Å². The SMILES string of the molecule is CC1=C(C(=O)OCc2ccccc2)[C@@H](c2ccccc2C(F)(F)F)CC(=O)N1. The van der Waals surface area contributed by atoms with Gasteiger partial charge in [-0.1, -0.05) is 48.5 Å². The van der Waals surface area contributed by atoms with Crippen LogP contribution in [0, 0.1) is 0 Å². The van der Waals surface area contributed by atoms with Crippen LogP contribution < -0.4 is 5.32 Å². The van der Waals surface area contributed by atoms with E-state index in [2.05, 4.69) is 5.32 Å². The van der Waals surface area contributed by atoms with Crippen molar-refractivity contribution in [3.05, 3.63) is 82.6 Å². The van der Waals surface area contributed by atoms with Crippen LogP contribution in [0.25, 0.3) is 0 Å². The molecule has 146 valence electrons. The molecule has 1 aliphatic heterocycles. The molecule has 0 saturated heterocycles. The molecular formula is C21H18F3NO3. The number of hydrogen-bond donors (Lipinski definition) is 1. The summed E-state index contributed by atoms with van der Waals surface area (Å²) in [6.07, 6.45) is -4.86. The van der Waals surface area contributed by atoms with E-state index in [-0.39, 0.29) is 29.9 Å². The summed E-state index contributed by atoms with van der Waals surface area (Å²) in [5.74, 6) is -2.22. The van der Waals surface area contributed by atoms with Gasteiger partial charge in [0.25, 0.3) is 0 Å². The zero-order valence-electron chi connectivity index (χ0n) is 15.0. The Morgan fingerprint density at radius 2 is 1.75 bits per heavy atom. The van der Waals surface area contributed by atoms with Crippen LogP contribution in [0.2, 0.25) is 0 Å². The van der Waals surface area contributed by atoms with E-state index in [9.17, 15) is 22.8 Å². The number of esters is 1. The van der Waals surface area contributed by atoms with Crippen molar-refractivity contribution >= 4 is 11.9 Å². The Kier molecular flexibility index (Phi) is 5.53. The van der Waals surface area contributed by atoms with E-state index in [0.29, 0.717) is 0 Å². The largest absolute Gasteiger partial charge is 0.457 e. The molecule has 0 fully saturated rings. The Hall–Kier alpha value is -3.09. The van der Waals surface area contributed by atoms with Gasteiger partial charge in [-0.05, 0) is 24.1 Å². The molecule has 0 aliphatic carbocycles. The molecular weight excluding hydrogens is 371 g/mol. The van der Waals surface area contributed by atoms with Gasteiger partial charge >= 0.3 is 12.1 Å². The van der Waals surface area contributed by atoms with E-state index in [1.807, 2.05) is 6.07 Å². The molecule has 4 nitrogen and oxygen atoms in total. The van der Waals surface area contributed by atoms with Crippen molar-refractivity contribution in [2.24, 2.45) is 0 Å². The number of halogens is 3. The summed E-state index contributed by atoms with van der Waals surface area (Å²) in [5.41, 5.74) is 0.0106. The highest BCUT2D eigenvalue weighted by Gasteiger charge is 2.40. The zero-order chi connectivity index (χ0) is 20.3. The molecule has 0 radical (unpaired) electrons. The van der Waals surface area contributed by atoms with Crippen molar-refractivity contribution in [2.75, 3.05) is 0 Å². The summed E-state index contributed by atoms with van der Waals surface area (Å²) in [7, 11) is 0. The maximum Gasteiger partial charge on any atom is 0.416 e. The van der Waals surface area contributed by atoms with Crippen molar-refractivity contribution in [2.45, 2.75) is 32.0 Å². The third-order valence-corrected chi connectivity index (χ3v) is 4.54. The molecule has 7 heteroatoms. The maximum absolute atomic E-state index is 13.5. The second-order valence-electron chi connectivity index (χ2n) is 6.49. The third-order valence-electron chi connectivity index (χ3n) is 4.54. The Balaban J connectivity index is 1.95. The normalized spacial score (nSPS) is 17.3. The van der Waals surface area contributed by atoms with Crippen LogP contribution in [0.15, 0.2) is 65.9 Å². The molecule has 0 unspecified atom stereocenters. The minimum atomic E-state index is -4.60. The number of nitrogens with one attached hydrogen (secondary N) is 1. The van der Waals surface area contributed by atoms with Gasteiger partial charge in [-0.25, -0.2) is 4.79 Å². The topological polar surface area (TPSA) is 55.4 Å². The van der Waals surface area contributed by atoms with Gasteiger partial charge in [0.15, 0.2) is 0 Å². The number of carbonyl (C=O) groups is 2. The van der Waals surface area contributed by atoms with Crippen molar-refractivity contribution in [1.29, 1.82) is 0 Å². The minimum absolute atomic E-state index is 0.0158. The summed E-state index contributed by atoms with van der Waals surface area (Å²) in [6, 6.07) is 13.9. The number of hydrogen-bond acceptors (Lipinski definition) is 3. The molecule has 2 aromatic carbocycles. The Labute approximate surface area is 160 Å². The van der Waals surface area contributed by atoms with Gasteiger partial charge in [-0.3, -0.25) is 4.79 Å². The molecule has 1 atom stereocenters. The van der Waals surface area contributed by atoms with E-state index in [0.717, 1.165) is 11.6 Å². The fourth-order valence-electron chi connectivity index (χ4n) is 3.30. The molecule has 0 bridgehead atoms. The first-order chi connectivity index (χ1) is 13.3. The summed E-state index contributed by atoms with van der Waals surface area (Å²) in [4.78, 5) is 24.7. The van der Waals surface area contributed by atoms with Crippen LogP contribution in [-0.2, 0) is 27.1 Å². The Morgan fingerprint density at radius 3 is 2.43 bits per heavy atom. The van der Waals surface area contributed by atoms with Gasteiger partial charge in [0, 0.05) is 18.0 Å². The summed E-state index contributed by atoms with van der Waals surface area (Å²) in [5, 5.41) is 2.52. The molecule has 0 spiro atoms. The molecule has 0 aromatic heterocycles. The Morgan fingerprint density at radius 1 is 1.11 bits per heavy atom. The average Bonchev–Trinajstić information content (AvgIpc) is 2.65. The first-order valence-electron chi connectivity index (χ1n) is 8.65. The predicted octanol–water partition coefficient (Wildman–Crippen LogP) is 4.33. The molecule has 1 N–H and O–H groups in total. The molecule has 28 heavy (non-hydrogen) atoms. The monoisotopic (exact) mass is 389 g/mol. The number of allylic oxidation sites excluding steroid dienone is 1. The van der Waals surface area contributed by atoms with Crippen LogP contribution in [0.1, 0.15) is 36.0 Å². The highest BCUT2D eigenvalue weighted by Crippen LogP contribution is 2.41. The lowest BCUT2D eigenvalue weighted by Crippen LogP contribution is -2.34. The van der Waals surface area contributed by atoms with E-state index >= 15 is 0 Å². The third kappa shape index (κ3) is 4.24. The molecule has 1 heterocycles. The van der Waals surface area contributed by atoms with Crippen molar-refractivity contribution in [1.82, 2.24) is 5.32 Å². The predicted molar refractivity (Wildman–Crippen MR) is 95.9 cm³/mol. The number of alkyl halides is 3. The molecule has 3 rings (SSSR count). The van der Waals surface area contributed by atoms with Gasteiger partial charge in [-0.15, -0.1) is 0 Å². The van der Waals surface area contributed by atoms with Crippen LogP contribution in [-0.4, -0.2) is 11.9 Å². The number of rotatable bonds is 4. The maximum atomic E-state index is 13.5. The van der Waals surface area contributed by atoms with Crippen molar-refractivity contribution in [3.63, 3.8) is 0 Å². The van der Waals surface area contributed by atoms with Crippen LogP contribution in [0.4, 0.5) is 13.2 Å². The number of carbonyl (C=O) groups excluding carboxylic acids is 2. The lowest BCUT2D eigenvalue weighted by Gasteiger charge is -2.28. The van der Waals surface area contributed by atoms with E-state index in [1.165, 1.54) is 25.1 Å². The molecule has 2 aromatic rings. The second kappa shape index (κ2) is 7.88.